The number of nitrogens with zero attached hydrogens (tertiary/aromatic N) is 2. The summed E-state index contributed by atoms with van der Waals surface area (Å²) >= 11 is 3.52. The second kappa shape index (κ2) is 8.99. The van der Waals surface area contributed by atoms with Crippen molar-refractivity contribution in [2.24, 2.45) is 0 Å². The van der Waals surface area contributed by atoms with E-state index in [9.17, 15) is 4.79 Å². The zero-order valence-electron chi connectivity index (χ0n) is 17.2. The zero-order valence-corrected chi connectivity index (χ0v) is 18.7. The molecule has 2 aromatic carbocycles. The summed E-state index contributed by atoms with van der Waals surface area (Å²) < 4.78 is 1.03. The van der Waals surface area contributed by atoms with Crippen LogP contribution in [0.5, 0.6) is 0 Å². The highest BCUT2D eigenvalue weighted by atomic mass is 79.9. The minimum absolute atomic E-state index is 0.147. The molecular formula is C24H30BrN3O. The molecule has 1 N–H and O–H groups in total. The number of benzene rings is 2. The molecule has 0 radical (unpaired) electrons. The molecule has 5 heteroatoms. The average molecular weight is 456 g/mol. The Morgan fingerprint density at radius 2 is 1.66 bits per heavy atom. The van der Waals surface area contributed by atoms with E-state index in [1.54, 1.807) is 0 Å². The maximum absolute atomic E-state index is 12.9. The van der Waals surface area contributed by atoms with E-state index in [4.69, 9.17) is 0 Å². The Morgan fingerprint density at radius 3 is 2.28 bits per heavy atom. The van der Waals surface area contributed by atoms with Gasteiger partial charge >= 0.3 is 0 Å². The standard InChI is InChI=1S/C24H30BrN3O/c1-2-27-12-14-28(15-13-27)18-20-8-6-19(7-9-20)17-26-23(29)24(10-11-24)21-4-3-5-22(25)16-21/h3-9,16H,2,10-15,17-18H2,1H3,(H,26,29). The number of nitrogens with one attached hydrogen (secondary N) is 1. The van der Waals surface area contributed by atoms with Crippen LogP contribution in [0.2, 0.25) is 0 Å². The average Bonchev–Trinajstić information content (AvgIpc) is 3.56. The molecular weight excluding hydrogens is 426 g/mol. The molecule has 1 aliphatic carbocycles. The third kappa shape index (κ3) is 4.90. The van der Waals surface area contributed by atoms with Crippen molar-refractivity contribution in [1.82, 2.24) is 15.1 Å². The van der Waals surface area contributed by atoms with Gasteiger partial charge in [0.1, 0.15) is 0 Å². The minimum atomic E-state index is -0.329. The SMILES string of the molecule is CCN1CCN(Cc2ccc(CNC(=O)C3(c4cccc(Br)c4)CC3)cc2)CC1. The highest BCUT2D eigenvalue weighted by Crippen LogP contribution is 2.48. The third-order valence-electron chi connectivity index (χ3n) is 6.36. The molecule has 4 rings (SSSR count). The lowest BCUT2D eigenvalue weighted by Crippen LogP contribution is -2.45. The highest BCUT2D eigenvalue weighted by Gasteiger charge is 2.51. The van der Waals surface area contributed by atoms with E-state index in [1.165, 1.54) is 18.7 Å². The van der Waals surface area contributed by atoms with E-state index in [1.807, 2.05) is 12.1 Å². The third-order valence-corrected chi connectivity index (χ3v) is 6.85. The normalized spacial score (nSPS) is 19.1. The molecule has 154 valence electrons. The number of piperazine rings is 1. The van der Waals surface area contributed by atoms with Gasteiger partial charge in [-0.15, -0.1) is 0 Å². The molecule has 1 amide bonds. The lowest BCUT2D eigenvalue weighted by molar-refractivity contribution is -0.123. The summed E-state index contributed by atoms with van der Waals surface area (Å²) in [4.78, 5) is 17.9. The van der Waals surface area contributed by atoms with E-state index in [-0.39, 0.29) is 11.3 Å². The van der Waals surface area contributed by atoms with Crippen LogP contribution in [0.15, 0.2) is 53.0 Å². The lowest BCUT2D eigenvalue weighted by atomic mass is 9.95. The maximum Gasteiger partial charge on any atom is 0.230 e. The van der Waals surface area contributed by atoms with Gasteiger partial charge in [0.25, 0.3) is 0 Å². The molecule has 0 unspecified atom stereocenters. The van der Waals surface area contributed by atoms with Crippen molar-refractivity contribution in [3.05, 3.63) is 69.7 Å². The summed E-state index contributed by atoms with van der Waals surface area (Å²) in [6, 6.07) is 16.8. The molecule has 2 aromatic rings. The van der Waals surface area contributed by atoms with Crippen LogP contribution in [-0.4, -0.2) is 48.4 Å². The predicted octanol–water partition coefficient (Wildman–Crippen LogP) is 3.93. The maximum atomic E-state index is 12.9. The summed E-state index contributed by atoms with van der Waals surface area (Å²) in [6.07, 6.45) is 1.86. The van der Waals surface area contributed by atoms with Crippen molar-refractivity contribution >= 4 is 21.8 Å². The van der Waals surface area contributed by atoms with Gasteiger partial charge in [-0.2, -0.15) is 0 Å². The number of halogens is 1. The van der Waals surface area contributed by atoms with Crippen LogP contribution in [0.4, 0.5) is 0 Å². The van der Waals surface area contributed by atoms with Crippen LogP contribution in [0.1, 0.15) is 36.5 Å². The zero-order chi connectivity index (χ0) is 20.3. The molecule has 0 aromatic heterocycles. The highest BCUT2D eigenvalue weighted by molar-refractivity contribution is 9.10. The molecule has 1 aliphatic heterocycles. The Labute approximate surface area is 182 Å². The molecule has 29 heavy (non-hydrogen) atoms. The summed E-state index contributed by atoms with van der Waals surface area (Å²) in [5, 5.41) is 3.16. The second-order valence-corrected chi connectivity index (χ2v) is 9.22. The van der Waals surface area contributed by atoms with Gasteiger partial charge < -0.3 is 10.2 Å². The number of hydrogen-bond acceptors (Lipinski definition) is 3. The van der Waals surface area contributed by atoms with Crippen molar-refractivity contribution in [2.75, 3.05) is 32.7 Å². The topological polar surface area (TPSA) is 35.6 Å². The van der Waals surface area contributed by atoms with Crippen molar-refractivity contribution in [3.8, 4) is 0 Å². The molecule has 1 heterocycles. The lowest BCUT2D eigenvalue weighted by Gasteiger charge is -2.34. The fourth-order valence-corrected chi connectivity index (χ4v) is 4.59. The van der Waals surface area contributed by atoms with E-state index in [0.717, 1.165) is 54.6 Å². The summed E-state index contributed by atoms with van der Waals surface area (Å²) in [5.41, 5.74) is 3.29. The Kier molecular flexibility index (Phi) is 6.38. The Balaban J connectivity index is 1.29. The molecule has 2 aliphatic rings. The Hall–Kier alpha value is -1.69. The van der Waals surface area contributed by atoms with Crippen LogP contribution in [0.3, 0.4) is 0 Å². The smallest absolute Gasteiger partial charge is 0.230 e. The summed E-state index contributed by atoms with van der Waals surface area (Å²) in [6.45, 7) is 9.60. The number of rotatable bonds is 7. The quantitative estimate of drug-likeness (QED) is 0.686. The fraction of sp³-hybridized carbons (Fsp3) is 0.458. The molecule has 0 atom stereocenters. The van der Waals surface area contributed by atoms with E-state index in [2.05, 4.69) is 74.4 Å². The van der Waals surface area contributed by atoms with Gasteiger partial charge in [0.05, 0.1) is 5.41 Å². The molecule has 1 saturated heterocycles. The molecule has 2 fully saturated rings. The largest absolute Gasteiger partial charge is 0.351 e. The van der Waals surface area contributed by atoms with Crippen LogP contribution in [0.25, 0.3) is 0 Å². The predicted molar refractivity (Wildman–Crippen MR) is 121 cm³/mol. The first-order valence-corrected chi connectivity index (χ1v) is 11.5. The van der Waals surface area contributed by atoms with Gasteiger partial charge in [-0.3, -0.25) is 9.69 Å². The van der Waals surface area contributed by atoms with Crippen LogP contribution < -0.4 is 5.32 Å². The first-order valence-electron chi connectivity index (χ1n) is 10.7. The fourth-order valence-electron chi connectivity index (χ4n) is 4.19. The van der Waals surface area contributed by atoms with Gasteiger partial charge in [-0.25, -0.2) is 0 Å². The monoisotopic (exact) mass is 455 g/mol. The molecule has 0 bridgehead atoms. The number of likely N-dealkylation sites (N-methyl/N-ethyl adjacent to an activating group) is 1. The van der Waals surface area contributed by atoms with Crippen LogP contribution >= 0.6 is 15.9 Å². The van der Waals surface area contributed by atoms with Gasteiger partial charge in [0.15, 0.2) is 0 Å². The van der Waals surface area contributed by atoms with Crippen molar-refractivity contribution in [2.45, 2.75) is 38.3 Å². The number of carbonyl (C=O) groups excluding carboxylic acids is 1. The van der Waals surface area contributed by atoms with Gasteiger partial charge in [-0.05, 0) is 48.2 Å². The van der Waals surface area contributed by atoms with Crippen molar-refractivity contribution < 1.29 is 4.79 Å². The first kappa shape index (κ1) is 20.6. The van der Waals surface area contributed by atoms with E-state index in [0.29, 0.717) is 6.54 Å². The van der Waals surface area contributed by atoms with Crippen molar-refractivity contribution in [1.29, 1.82) is 0 Å². The summed E-state index contributed by atoms with van der Waals surface area (Å²) in [7, 11) is 0. The Morgan fingerprint density at radius 1 is 1.00 bits per heavy atom. The van der Waals surface area contributed by atoms with Gasteiger partial charge in [0, 0.05) is 43.7 Å². The Bertz CT molecular complexity index is 839. The van der Waals surface area contributed by atoms with E-state index < -0.39 is 0 Å². The van der Waals surface area contributed by atoms with Gasteiger partial charge in [-0.1, -0.05) is 59.3 Å². The van der Waals surface area contributed by atoms with E-state index >= 15 is 0 Å². The number of carbonyl (C=O) groups is 1. The minimum Gasteiger partial charge on any atom is -0.351 e. The first-order chi connectivity index (χ1) is 14.1. The molecule has 0 spiro atoms. The van der Waals surface area contributed by atoms with Crippen LogP contribution in [-0.2, 0) is 23.3 Å². The number of hydrogen-bond donors (Lipinski definition) is 1. The molecule has 4 nitrogen and oxygen atoms in total. The summed E-state index contributed by atoms with van der Waals surface area (Å²) in [5.74, 6) is 0.147. The number of amides is 1. The van der Waals surface area contributed by atoms with Crippen molar-refractivity contribution in [3.63, 3.8) is 0 Å². The molecule has 1 saturated carbocycles. The van der Waals surface area contributed by atoms with Crippen LogP contribution in [0, 0.1) is 0 Å². The second-order valence-electron chi connectivity index (χ2n) is 8.30. The van der Waals surface area contributed by atoms with Gasteiger partial charge in [0.2, 0.25) is 5.91 Å².